The van der Waals surface area contributed by atoms with Crippen LogP contribution in [0.5, 0.6) is 5.75 Å². The van der Waals surface area contributed by atoms with Crippen LogP contribution in [0.15, 0.2) is 30.3 Å². The maximum Gasteiger partial charge on any atom is 0.133 e. The first-order chi connectivity index (χ1) is 10.1. The van der Waals surface area contributed by atoms with E-state index in [1.165, 1.54) is 5.56 Å². The lowest BCUT2D eigenvalue weighted by atomic mass is 10.0. The summed E-state index contributed by atoms with van der Waals surface area (Å²) in [6.07, 6.45) is 0.942. The number of anilines is 1. The third-order valence-corrected chi connectivity index (χ3v) is 3.67. The fourth-order valence-corrected chi connectivity index (χ4v) is 2.59. The van der Waals surface area contributed by atoms with Crippen molar-refractivity contribution in [1.82, 2.24) is 9.97 Å². The van der Waals surface area contributed by atoms with Gasteiger partial charge in [0.25, 0.3) is 0 Å². The number of para-hydroxylation sites is 1. The van der Waals surface area contributed by atoms with Crippen molar-refractivity contribution < 1.29 is 4.74 Å². The molecule has 0 fully saturated rings. The molecule has 0 saturated carbocycles. The number of hydrogen-bond donors (Lipinski definition) is 1. The Bertz CT molecular complexity index is 640. The lowest BCUT2D eigenvalue weighted by Crippen LogP contribution is -2.21. The standard InChI is InChI=1S/C17H21N3O/c1-11(2)17-18-12(3)10-16(20-17)19-14-8-9-21-15-7-5-4-6-13(14)15/h4-7,10-11,14H,8-9H2,1-3H3,(H,18,19,20). The number of fused-ring (bicyclic) bond motifs is 1. The summed E-state index contributed by atoms with van der Waals surface area (Å²) < 4.78 is 5.70. The highest BCUT2D eigenvalue weighted by molar-refractivity contribution is 5.45. The van der Waals surface area contributed by atoms with E-state index < -0.39 is 0 Å². The van der Waals surface area contributed by atoms with Crippen LogP contribution in [0.3, 0.4) is 0 Å². The molecule has 1 aromatic heterocycles. The Morgan fingerprint density at radius 3 is 2.86 bits per heavy atom. The second kappa shape index (κ2) is 5.72. The zero-order chi connectivity index (χ0) is 14.8. The molecule has 0 saturated heterocycles. The van der Waals surface area contributed by atoms with Crippen LogP contribution >= 0.6 is 0 Å². The molecule has 1 unspecified atom stereocenters. The summed E-state index contributed by atoms with van der Waals surface area (Å²) in [4.78, 5) is 9.13. The Morgan fingerprint density at radius 2 is 2.05 bits per heavy atom. The fourth-order valence-electron chi connectivity index (χ4n) is 2.59. The van der Waals surface area contributed by atoms with E-state index >= 15 is 0 Å². The predicted octanol–water partition coefficient (Wildman–Crippen LogP) is 3.84. The summed E-state index contributed by atoms with van der Waals surface area (Å²) in [5, 5.41) is 3.54. The Labute approximate surface area is 125 Å². The average molecular weight is 283 g/mol. The molecule has 2 aromatic rings. The quantitative estimate of drug-likeness (QED) is 0.929. The van der Waals surface area contributed by atoms with Crippen LogP contribution in [0.2, 0.25) is 0 Å². The van der Waals surface area contributed by atoms with E-state index in [0.29, 0.717) is 5.92 Å². The van der Waals surface area contributed by atoms with E-state index in [-0.39, 0.29) is 6.04 Å². The minimum Gasteiger partial charge on any atom is -0.493 e. The number of aromatic nitrogens is 2. The summed E-state index contributed by atoms with van der Waals surface area (Å²) in [6.45, 7) is 6.97. The first kappa shape index (κ1) is 13.9. The molecule has 2 heterocycles. The molecule has 0 radical (unpaired) electrons. The number of aryl methyl sites for hydroxylation is 1. The maximum atomic E-state index is 5.70. The normalized spacial score (nSPS) is 17.2. The first-order valence-electron chi connectivity index (χ1n) is 7.47. The van der Waals surface area contributed by atoms with Gasteiger partial charge in [-0.1, -0.05) is 32.0 Å². The minimum absolute atomic E-state index is 0.240. The molecule has 0 bridgehead atoms. The zero-order valence-electron chi connectivity index (χ0n) is 12.8. The van der Waals surface area contributed by atoms with Gasteiger partial charge in [0.1, 0.15) is 17.4 Å². The van der Waals surface area contributed by atoms with Crippen LogP contribution in [-0.2, 0) is 0 Å². The molecular weight excluding hydrogens is 262 g/mol. The Kier molecular flexibility index (Phi) is 3.78. The van der Waals surface area contributed by atoms with E-state index in [1.807, 2.05) is 31.2 Å². The van der Waals surface area contributed by atoms with Crippen LogP contribution in [0.4, 0.5) is 5.82 Å². The first-order valence-corrected chi connectivity index (χ1v) is 7.47. The second-order valence-electron chi connectivity index (χ2n) is 5.78. The summed E-state index contributed by atoms with van der Waals surface area (Å²) in [7, 11) is 0. The molecule has 4 heteroatoms. The highest BCUT2D eigenvalue weighted by Crippen LogP contribution is 2.33. The van der Waals surface area contributed by atoms with Crippen molar-refractivity contribution in [2.75, 3.05) is 11.9 Å². The Hall–Kier alpha value is -2.10. The second-order valence-corrected chi connectivity index (χ2v) is 5.78. The Balaban J connectivity index is 1.88. The number of ether oxygens (including phenoxy) is 1. The molecule has 1 aromatic carbocycles. The van der Waals surface area contributed by atoms with Gasteiger partial charge in [-0.2, -0.15) is 0 Å². The molecular formula is C17H21N3O. The van der Waals surface area contributed by atoms with Gasteiger partial charge < -0.3 is 10.1 Å². The fraction of sp³-hybridized carbons (Fsp3) is 0.412. The largest absolute Gasteiger partial charge is 0.493 e. The van der Waals surface area contributed by atoms with Gasteiger partial charge in [0.15, 0.2) is 0 Å². The van der Waals surface area contributed by atoms with Crippen LogP contribution < -0.4 is 10.1 Å². The third kappa shape index (κ3) is 2.99. The molecule has 110 valence electrons. The zero-order valence-corrected chi connectivity index (χ0v) is 12.8. The molecule has 0 amide bonds. The summed E-state index contributed by atoms with van der Waals surface area (Å²) in [5.74, 6) is 3.08. The third-order valence-electron chi connectivity index (χ3n) is 3.67. The summed E-state index contributed by atoms with van der Waals surface area (Å²) >= 11 is 0. The van der Waals surface area contributed by atoms with Crippen molar-refractivity contribution in [1.29, 1.82) is 0 Å². The summed E-state index contributed by atoms with van der Waals surface area (Å²) in [6, 6.07) is 10.4. The van der Waals surface area contributed by atoms with Gasteiger partial charge in [-0.3, -0.25) is 0 Å². The minimum atomic E-state index is 0.240. The topological polar surface area (TPSA) is 47.0 Å². The van der Waals surface area contributed by atoms with E-state index in [9.17, 15) is 0 Å². The Morgan fingerprint density at radius 1 is 1.24 bits per heavy atom. The van der Waals surface area contributed by atoms with Gasteiger partial charge in [-0.05, 0) is 13.0 Å². The number of hydrogen-bond acceptors (Lipinski definition) is 4. The number of benzene rings is 1. The van der Waals surface area contributed by atoms with Crippen LogP contribution in [0.25, 0.3) is 0 Å². The van der Waals surface area contributed by atoms with Crippen LogP contribution in [0, 0.1) is 6.92 Å². The number of rotatable bonds is 3. The molecule has 1 N–H and O–H groups in total. The molecule has 21 heavy (non-hydrogen) atoms. The average Bonchev–Trinajstić information content (AvgIpc) is 2.47. The van der Waals surface area contributed by atoms with E-state index in [4.69, 9.17) is 4.74 Å². The van der Waals surface area contributed by atoms with Gasteiger partial charge in [0.05, 0.1) is 12.6 Å². The van der Waals surface area contributed by atoms with Crippen molar-refractivity contribution >= 4 is 5.82 Å². The van der Waals surface area contributed by atoms with Gasteiger partial charge >= 0.3 is 0 Å². The molecule has 3 rings (SSSR count). The van der Waals surface area contributed by atoms with E-state index in [2.05, 4.69) is 35.2 Å². The summed E-state index contributed by atoms with van der Waals surface area (Å²) in [5.41, 5.74) is 2.20. The molecule has 1 aliphatic rings. The highest BCUT2D eigenvalue weighted by atomic mass is 16.5. The van der Waals surface area contributed by atoms with Crippen LogP contribution in [0.1, 0.15) is 49.3 Å². The van der Waals surface area contributed by atoms with Gasteiger partial charge in [-0.15, -0.1) is 0 Å². The van der Waals surface area contributed by atoms with Gasteiger partial charge in [-0.25, -0.2) is 9.97 Å². The monoisotopic (exact) mass is 283 g/mol. The van der Waals surface area contributed by atoms with Gasteiger partial charge in [0.2, 0.25) is 0 Å². The van der Waals surface area contributed by atoms with Crippen molar-refractivity contribution in [2.24, 2.45) is 0 Å². The lowest BCUT2D eigenvalue weighted by Gasteiger charge is -2.27. The smallest absolute Gasteiger partial charge is 0.133 e. The van der Waals surface area contributed by atoms with E-state index in [1.54, 1.807) is 0 Å². The maximum absolute atomic E-state index is 5.70. The van der Waals surface area contributed by atoms with Gasteiger partial charge in [0, 0.05) is 29.7 Å². The molecule has 0 aliphatic carbocycles. The van der Waals surface area contributed by atoms with Crippen molar-refractivity contribution in [3.05, 3.63) is 47.4 Å². The van der Waals surface area contributed by atoms with Crippen molar-refractivity contribution in [3.63, 3.8) is 0 Å². The molecule has 0 spiro atoms. The van der Waals surface area contributed by atoms with Crippen LogP contribution in [-0.4, -0.2) is 16.6 Å². The molecule has 1 aliphatic heterocycles. The highest BCUT2D eigenvalue weighted by Gasteiger charge is 2.21. The van der Waals surface area contributed by atoms with Crippen molar-refractivity contribution in [3.8, 4) is 5.75 Å². The SMILES string of the molecule is Cc1cc(NC2CCOc3ccccc32)nc(C(C)C)n1. The lowest BCUT2D eigenvalue weighted by molar-refractivity contribution is 0.274. The number of nitrogens with one attached hydrogen (secondary N) is 1. The predicted molar refractivity (Wildman–Crippen MR) is 83.8 cm³/mol. The number of nitrogens with zero attached hydrogens (tertiary/aromatic N) is 2. The van der Waals surface area contributed by atoms with E-state index in [0.717, 1.165) is 36.1 Å². The molecule has 1 atom stereocenters. The van der Waals surface area contributed by atoms with Crippen molar-refractivity contribution in [2.45, 2.75) is 39.2 Å². The molecule has 4 nitrogen and oxygen atoms in total.